The number of esters is 1. The summed E-state index contributed by atoms with van der Waals surface area (Å²) in [5, 5.41) is 0. The van der Waals surface area contributed by atoms with Gasteiger partial charge in [0.05, 0.1) is 12.2 Å². The monoisotopic (exact) mass is 348 g/mol. The predicted octanol–water partition coefficient (Wildman–Crippen LogP) is 2.95. The minimum Gasteiger partial charge on any atom is -0.457 e. The minimum atomic E-state index is -2.32. The fraction of sp³-hybridized carbons (Fsp3) is 0.118. The largest absolute Gasteiger partial charge is 0.457 e. The van der Waals surface area contributed by atoms with Crippen molar-refractivity contribution in [1.82, 2.24) is 0 Å². The Morgan fingerprint density at radius 3 is 2.58 bits per heavy atom. The van der Waals surface area contributed by atoms with Crippen molar-refractivity contribution in [3.05, 3.63) is 71.0 Å². The molecule has 2 aromatic rings. The average Bonchev–Trinajstić information content (AvgIpc) is 2.95. The van der Waals surface area contributed by atoms with Crippen molar-refractivity contribution in [2.24, 2.45) is 0 Å². The first kappa shape index (κ1) is 16.5. The van der Waals surface area contributed by atoms with E-state index in [2.05, 4.69) is 4.18 Å². The van der Waals surface area contributed by atoms with Gasteiger partial charge in [-0.1, -0.05) is 36.4 Å². The van der Waals surface area contributed by atoms with Crippen LogP contribution in [0.25, 0.3) is 11.1 Å². The second-order valence-corrected chi connectivity index (χ2v) is 5.79. The molecule has 0 saturated heterocycles. The van der Waals surface area contributed by atoms with E-state index in [1.54, 1.807) is 30.3 Å². The van der Waals surface area contributed by atoms with Crippen LogP contribution in [0.4, 0.5) is 4.39 Å². The lowest BCUT2D eigenvalue weighted by Gasteiger charge is -2.06. The van der Waals surface area contributed by atoms with Crippen molar-refractivity contribution in [2.45, 2.75) is 6.61 Å². The number of benzene rings is 2. The number of hydrogen-bond acceptors (Lipinski definition) is 4. The lowest BCUT2D eigenvalue weighted by atomic mass is 9.96. The van der Waals surface area contributed by atoms with Crippen LogP contribution in [0.5, 0.6) is 0 Å². The van der Waals surface area contributed by atoms with Crippen molar-refractivity contribution in [3.8, 4) is 0 Å². The maximum absolute atomic E-state index is 13.4. The Morgan fingerprint density at radius 2 is 1.92 bits per heavy atom. The Bertz CT molecular complexity index is 829. The molecule has 2 aromatic carbocycles. The zero-order chi connectivity index (χ0) is 17.1. The molecule has 1 aliphatic rings. The standard InChI is InChI=1S/C17H13FO5S/c18-14-3-1-2-13(8-14)16-15(10-22-17(16)19)12-6-4-11(5-7-12)9-23-24(20)21/h1-8H,9-10H2,(H,20,21). The van der Waals surface area contributed by atoms with Crippen molar-refractivity contribution in [3.63, 3.8) is 0 Å². The molecule has 1 heterocycles. The van der Waals surface area contributed by atoms with Crippen LogP contribution in [0, 0.1) is 5.82 Å². The molecule has 0 aliphatic carbocycles. The molecule has 0 spiro atoms. The molecular weight excluding hydrogens is 335 g/mol. The van der Waals surface area contributed by atoms with Crippen molar-refractivity contribution < 1.29 is 26.9 Å². The number of carbonyl (C=O) groups is 1. The van der Waals surface area contributed by atoms with E-state index in [4.69, 9.17) is 9.29 Å². The van der Waals surface area contributed by atoms with Gasteiger partial charge in [0.25, 0.3) is 0 Å². The number of cyclic esters (lactones) is 1. The molecule has 0 radical (unpaired) electrons. The van der Waals surface area contributed by atoms with Crippen LogP contribution in [0.15, 0.2) is 48.5 Å². The fourth-order valence-corrected chi connectivity index (χ4v) is 2.73. The summed E-state index contributed by atoms with van der Waals surface area (Å²) in [6, 6.07) is 12.8. The molecule has 0 aromatic heterocycles. The third kappa shape index (κ3) is 3.59. The van der Waals surface area contributed by atoms with E-state index >= 15 is 0 Å². The minimum absolute atomic E-state index is 0.00533. The van der Waals surface area contributed by atoms with Gasteiger partial charge in [0.15, 0.2) is 0 Å². The molecule has 0 fully saturated rings. The molecule has 5 nitrogen and oxygen atoms in total. The van der Waals surface area contributed by atoms with Gasteiger partial charge in [0, 0.05) is 5.57 Å². The van der Waals surface area contributed by atoms with Gasteiger partial charge in [-0.05, 0) is 28.8 Å². The molecule has 1 unspecified atom stereocenters. The Labute approximate surface area is 140 Å². The number of halogens is 1. The zero-order valence-corrected chi connectivity index (χ0v) is 13.2. The van der Waals surface area contributed by atoms with Gasteiger partial charge in [0.2, 0.25) is 0 Å². The van der Waals surface area contributed by atoms with Gasteiger partial charge in [-0.3, -0.25) is 8.74 Å². The van der Waals surface area contributed by atoms with Crippen LogP contribution in [0.3, 0.4) is 0 Å². The molecule has 1 atom stereocenters. The summed E-state index contributed by atoms with van der Waals surface area (Å²) in [5.74, 6) is -0.915. The molecule has 1 aliphatic heterocycles. The fourth-order valence-electron chi connectivity index (χ4n) is 2.49. The van der Waals surface area contributed by atoms with Gasteiger partial charge in [-0.15, -0.1) is 0 Å². The zero-order valence-electron chi connectivity index (χ0n) is 12.4. The van der Waals surface area contributed by atoms with Crippen LogP contribution >= 0.6 is 0 Å². The average molecular weight is 348 g/mol. The van der Waals surface area contributed by atoms with Gasteiger partial charge >= 0.3 is 17.3 Å². The quantitative estimate of drug-likeness (QED) is 0.664. The van der Waals surface area contributed by atoms with E-state index in [9.17, 15) is 13.4 Å². The maximum atomic E-state index is 13.4. The van der Waals surface area contributed by atoms with E-state index in [0.29, 0.717) is 22.3 Å². The number of ether oxygens (including phenoxy) is 1. The molecule has 24 heavy (non-hydrogen) atoms. The molecule has 0 amide bonds. The molecule has 3 rings (SSSR count). The summed E-state index contributed by atoms with van der Waals surface area (Å²) in [5.41, 5.74) is 2.95. The van der Waals surface area contributed by atoms with Crippen LogP contribution in [-0.2, 0) is 31.7 Å². The number of hydrogen-bond donors (Lipinski definition) is 1. The Balaban J connectivity index is 1.94. The highest BCUT2D eigenvalue weighted by molar-refractivity contribution is 7.74. The van der Waals surface area contributed by atoms with Crippen LogP contribution in [0.1, 0.15) is 16.7 Å². The van der Waals surface area contributed by atoms with Gasteiger partial charge in [0.1, 0.15) is 12.4 Å². The normalized spacial score (nSPS) is 15.5. The molecular formula is C17H13FO5S. The lowest BCUT2D eigenvalue weighted by molar-refractivity contribution is -0.133. The third-order valence-electron chi connectivity index (χ3n) is 3.60. The van der Waals surface area contributed by atoms with E-state index in [-0.39, 0.29) is 13.2 Å². The Kier molecular flexibility index (Phi) is 4.84. The first-order valence-electron chi connectivity index (χ1n) is 7.04. The van der Waals surface area contributed by atoms with Crippen LogP contribution in [-0.4, -0.2) is 21.3 Å². The van der Waals surface area contributed by atoms with Gasteiger partial charge < -0.3 is 4.74 Å². The summed E-state index contributed by atoms with van der Waals surface area (Å²) in [7, 11) is 0. The third-order valence-corrected chi connectivity index (χ3v) is 3.92. The van der Waals surface area contributed by atoms with Gasteiger partial charge in [-0.25, -0.2) is 9.18 Å². The topological polar surface area (TPSA) is 72.8 Å². The molecule has 7 heteroatoms. The van der Waals surface area contributed by atoms with Crippen LogP contribution < -0.4 is 0 Å². The highest BCUT2D eigenvalue weighted by Gasteiger charge is 2.27. The lowest BCUT2D eigenvalue weighted by Crippen LogP contribution is -1.99. The van der Waals surface area contributed by atoms with Crippen molar-refractivity contribution in [1.29, 1.82) is 0 Å². The first-order valence-corrected chi connectivity index (χ1v) is 8.07. The van der Waals surface area contributed by atoms with Crippen molar-refractivity contribution >= 4 is 28.5 Å². The number of rotatable bonds is 5. The van der Waals surface area contributed by atoms with E-state index in [0.717, 1.165) is 5.56 Å². The predicted molar refractivity (Wildman–Crippen MR) is 86.2 cm³/mol. The summed E-state index contributed by atoms with van der Waals surface area (Å²) in [6.45, 7) is 0.107. The van der Waals surface area contributed by atoms with Crippen LogP contribution in [0.2, 0.25) is 0 Å². The summed E-state index contributed by atoms with van der Waals surface area (Å²) >= 11 is -2.32. The van der Waals surface area contributed by atoms with Gasteiger partial charge in [-0.2, -0.15) is 4.21 Å². The summed E-state index contributed by atoms with van der Waals surface area (Å²) in [6.07, 6.45) is 0. The molecule has 0 bridgehead atoms. The number of carbonyl (C=O) groups excluding carboxylic acids is 1. The first-order chi connectivity index (χ1) is 11.5. The molecule has 0 saturated carbocycles. The highest BCUT2D eigenvalue weighted by atomic mass is 32.2. The summed E-state index contributed by atoms with van der Waals surface area (Å²) in [4.78, 5) is 12.0. The Hall–Kier alpha value is -2.35. The maximum Gasteiger partial charge on any atom is 0.339 e. The molecule has 124 valence electrons. The van der Waals surface area contributed by atoms with Crippen molar-refractivity contribution in [2.75, 3.05) is 6.61 Å². The van der Waals surface area contributed by atoms with E-state index in [1.807, 2.05) is 0 Å². The second-order valence-electron chi connectivity index (χ2n) is 5.12. The van der Waals surface area contributed by atoms with E-state index < -0.39 is 23.1 Å². The molecule has 1 N–H and O–H groups in total. The Morgan fingerprint density at radius 1 is 1.17 bits per heavy atom. The second kappa shape index (κ2) is 7.04. The SMILES string of the molecule is O=C1OCC(c2ccc(COS(=O)O)cc2)=C1c1cccc(F)c1. The smallest absolute Gasteiger partial charge is 0.339 e. The highest BCUT2D eigenvalue weighted by Crippen LogP contribution is 2.33. The van der Waals surface area contributed by atoms with E-state index in [1.165, 1.54) is 18.2 Å². The summed E-state index contributed by atoms with van der Waals surface area (Å²) < 4.78 is 42.3.